The predicted octanol–water partition coefficient (Wildman–Crippen LogP) is 2.79. The molecular weight excluding hydrogens is 332 g/mol. The summed E-state index contributed by atoms with van der Waals surface area (Å²) < 4.78 is 11.2. The highest BCUT2D eigenvalue weighted by Crippen LogP contribution is 2.29. The van der Waals surface area contributed by atoms with Crippen LogP contribution in [0.5, 0.6) is 5.75 Å². The average Bonchev–Trinajstić information content (AvgIpc) is 2.63. The van der Waals surface area contributed by atoms with Gasteiger partial charge in [-0.3, -0.25) is 4.79 Å². The van der Waals surface area contributed by atoms with Crippen molar-refractivity contribution in [2.24, 2.45) is 0 Å². The van der Waals surface area contributed by atoms with Crippen molar-refractivity contribution in [3.05, 3.63) is 28.8 Å². The highest BCUT2D eigenvalue weighted by Gasteiger charge is 2.37. The van der Waals surface area contributed by atoms with Gasteiger partial charge in [-0.2, -0.15) is 0 Å². The third-order valence-corrected chi connectivity index (χ3v) is 4.24. The summed E-state index contributed by atoms with van der Waals surface area (Å²) in [6.07, 6.45) is -0.362. The van der Waals surface area contributed by atoms with Gasteiger partial charge in [0.05, 0.1) is 11.6 Å². The number of amides is 2. The number of fused-ring (bicyclic) bond motifs is 2. The molecule has 7 heteroatoms. The van der Waals surface area contributed by atoms with Crippen LogP contribution in [0.1, 0.15) is 31.1 Å². The number of benzene rings is 1. The molecule has 130 valence electrons. The molecule has 1 aromatic rings. The SMILES string of the molecule is CC(C)(C)OC(=O)N1CCN2C(=O)c3ccc(Cl)cc3OCC2C1. The molecule has 0 N–H and O–H groups in total. The Hall–Kier alpha value is -1.95. The van der Waals surface area contributed by atoms with Crippen LogP contribution in [0, 0.1) is 0 Å². The summed E-state index contributed by atoms with van der Waals surface area (Å²) in [6.45, 7) is 7.11. The third-order valence-electron chi connectivity index (χ3n) is 4.00. The van der Waals surface area contributed by atoms with E-state index in [2.05, 4.69) is 0 Å². The zero-order valence-corrected chi connectivity index (χ0v) is 14.8. The molecule has 1 aromatic carbocycles. The van der Waals surface area contributed by atoms with Crippen molar-refractivity contribution in [3.63, 3.8) is 0 Å². The Morgan fingerprint density at radius 3 is 2.79 bits per heavy atom. The first-order chi connectivity index (χ1) is 11.2. The van der Waals surface area contributed by atoms with Gasteiger partial charge in [0.1, 0.15) is 18.0 Å². The number of hydrogen-bond donors (Lipinski definition) is 0. The summed E-state index contributed by atoms with van der Waals surface area (Å²) in [5.74, 6) is 0.402. The van der Waals surface area contributed by atoms with E-state index in [1.165, 1.54) is 0 Å². The van der Waals surface area contributed by atoms with Gasteiger partial charge in [0, 0.05) is 24.7 Å². The van der Waals surface area contributed by atoms with Crippen LogP contribution >= 0.6 is 11.6 Å². The van der Waals surface area contributed by atoms with Gasteiger partial charge < -0.3 is 19.3 Å². The Balaban J connectivity index is 1.76. The normalized spacial score (nSPS) is 20.7. The van der Waals surface area contributed by atoms with E-state index in [0.29, 0.717) is 42.6 Å². The molecule has 0 aromatic heterocycles. The smallest absolute Gasteiger partial charge is 0.410 e. The summed E-state index contributed by atoms with van der Waals surface area (Å²) in [6, 6.07) is 4.81. The number of carbonyl (C=O) groups is 2. The molecule has 1 fully saturated rings. The van der Waals surface area contributed by atoms with Crippen LogP contribution in [0.15, 0.2) is 18.2 Å². The van der Waals surface area contributed by atoms with Crippen LogP contribution in [-0.2, 0) is 4.74 Å². The van der Waals surface area contributed by atoms with E-state index in [1.807, 2.05) is 20.8 Å². The topological polar surface area (TPSA) is 59.1 Å². The van der Waals surface area contributed by atoms with Gasteiger partial charge >= 0.3 is 6.09 Å². The molecule has 0 saturated carbocycles. The maximum Gasteiger partial charge on any atom is 0.410 e. The molecule has 0 bridgehead atoms. The number of piperazine rings is 1. The summed E-state index contributed by atoms with van der Waals surface area (Å²) >= 11 is 5.98. The maximum atomic E-state index is 12.8. The molecular formula is C17H21ClN2O4. The van der Waals surface area contributed by atoms with Crippen molar-refractivity contribution in [1.82, 2.24) is 9.80 Å². The molecule has 1 atom stereocenters. The van der Waals surface area contributed by atoms with E-state index in [0.717, 1.165) is 0 Å². The third kappa shape index (κ3) is 3.43. The number of halogens is 1. The molecule has 6 nitrogen and oxygen atoms in total. The summed E-state index contributed by atoms with van der Waals surface area (Å²) in [7, 11) is 0. The Bertz CT molecular complexity index is 671. The van der Waals surface area contributed by atoms with Crippen molar-refractivity contribution in [3.8, 4) is 5.75 Å². The summed E-state index contributed by atoms with van der Waals surface area (Å²) in [5.41, 5.74) is -0.0376. The molecule has 3 rings (SSSR count). The van der Waals surface area contributed by atoms with Gasteiger partial charge in [0.15, 0.2) is 0 Å². The lowest BCUT2D eigenvalue weighted by atomic mass is 10.1. The van der Waals surface area contributed by atoms with Gasteiger partial charge in [-0.05, 0) is 39.0 Å². The van der Waals surface area contributed by atoms with Crippen molar-refractivity contribution in [1.29, 1.82) is 0 Å². The standard InChI is InChI=1S/C17H21ClN2O4/c1-17(2,3)24-16(22)19-6-7-20-12(9-19)10-23-14-8-11(18)4-5-13(14)15(20)21/h4-5,8,12H,6-7,9-10H2,1-3H3. The minimum atomic E-state index is -0.545. The van der Waals surface area contributed by atoms with Gasteiger partial charge in [0.25, 0.3) is 5.91 Å². The molecule has 2 aliphatic heterocycles. The van der Waals surface area contributed by atoms with Gasteiger partial charge in [-0.15, -0.1) is 0 Å². The van der Waals surface area contributed by atoms with Gasteiger partial charge in [-0.1, -0.05) is 11.6 Å². The maximum absolute atomic E-state index is 12.8. The largest absolute Gasteiger partial charge is 0.490 e. The van der Waals surface area contributed by atoms with Crippen molar-refractivity contribution in [2.75, 3.05) is 26.2 Å². The zero-order valence-electron chi connectivity index (χ0n) is 14.0. The van der Waals surface area contributed by atoms with Gasteiger partial charge in [0.2, 0.25) is 0 Å². The first-order valence-corrected chi connectivity index (χ1v) is 8.33. The first-order valence-electron chi connectivity index (χ1n) is 7.96. The fourth-order valence-corrected chi connectivity index (χ4v) is 3.05. The highest BCUT2D eigenvalue weighted by molar-refractivity contribution is 6.30. The van der Waals surface area contributed by atoms with Crippen LogP contribution in [-0.4, -0.2) is 59.7 Å². The molecule has 2 amide bonds. The molecule has 0 spiro atoms. The molecule has 0 aliphatic carbocycles. The number of rotatable bonds is 0. The fourth-order valence-electron chi connectivity index (χ4n) is 2.89. The molecule has 1 saturated heterocycles. The van der Waals surface area contributed by atoms with Gasteiger partial charge in [-0.25, -0.2) is 4.79 Å². The average molecular weight is 353 g/mol. The van der Waals surface area contributed by atoms with Crippen LogP contribution in [0.3, 0.4) is 0 Å². The lowest BCUT2D eigenvalue weighted by Gasteiger charge is -2.40. The summed E-state index contributed by atoms with van der Waals surface area (Å²) in [5, 5.41) is 0.525. The Kier molecular flexibility index (Phi) is 4.34. The van der Waals surface area contributed by atoms with E-state index in [-0.39, 0.29) is 18.0 Å². The lowest BCUT2D eigenvalue weighted by molar-refractivity contribution is 0.000952. The number of carbonyl (C=O) groups excluding carboxylic acids is 2. The second-order valence-corrected chi connectivity index (χ2v) is 7.47. The van der Waals surface area contributed by atoms with E-state index in [1.54, 1.807) is 28.0 Å². The summed E-state index contributed by atoms with van der Waals surface area (Å²) in [4.78, 5) is 28.4. The number of hydrogen-bond acceptors (Lipinski definition) is 4. The van der Waals surface area contributed by atoms with E-state index >= 15 is 0 Å². The second-order valence-electron chi connectivity index (χ2n) is 7.03. The Labute approximate surface area is 146 Å². The minimum absolute atomic E-state index is 0.0898. The first kappa shape index (κ1) is 16.9. The van der Waals surface area contributed by atoms with Crippen LogP contribution in [0.4, 0.5) is 4.79 Å². The fraction of sp³-hybridized carbons (Fsp3) is 0.529. The Morgan fingerprint density at radius 2 is 2.08 bits per heavy atom. The predicted molar refractivity (Wildman–Crippen MR) is 89.6 cm³/mol. The number of ether oxygens (including phenoxy) is 2. The van der Waals surface area contributed by atoms with Crippen molar-refractivity contribution < 1.29 is 19.1 Å². The van der Waals surface area contributed by atoms with Crippen molar-refractivity contribution in [2.45, 2.75) is 32.4 Å². The minimum Gasteiger partial charge on any atom is -0.490 e. The molecule has 2 aliphatic rings. The van der Waals surface area contributed by atoms with Crippen LogP contribution in [0.2, 0.25) is 5.02 Å². The molecule has 0 radical (unpaired) electrons. The monoisotopic (exact) mass is 352 g/mol. The molecule has 24 heavy (non-hydrogen) atoms. The van der Waals surface area contributed by atoms with Crippen molar-refractivity contribution >= 4 is 23.6 Å². The highest BCUT2D eigenvalue weighted by atomic mass is 35.5. The second kappa shape index (κ2) is 6.16. The lowest BCUT2D eigenvalue weighted by Crippen LogP contribution is -2.58. The quantitative estimate of drug-likeness (QED) is 0.720. The van der Waals surface area contributed by atoms with E-state index in [4.69, 9.17) is 21.1 Å². The Morgan fingerprint density at radius 1 is 1.33 bits per heavy atom. The van der Waals surface area contributed by atoms with E-state index in [9.17, 15) is 9.59 Å². The zero-order chi connectivity index (χ0) is 17.5. The molecule has 2 heterocycles. The van der Waals surface area contributed by atoms with Crippen LogP contribution in [0.25, 0.3) is 0 Å². The number of nitrogens with zero attached hydrogens (tertiary/aromatic N) is 2. The molecule has 1 unspecified atom stereocenters. The van der Waals surface area contributed by atoms with E-state index < -0.39 is 5.60 Å². The van der Waals surface area contributed by atoms with Crippen LogP contribution < -0.4 is 4.74 Å².